The lowest BCUT2D eigenvalue weighted by Gasteiger charge is -2.09. The summed E-state index contributed by atoms with van der Waals surface area (Å²) in [7, 11) is 0. The lowest BCUT2D eigenvalue weighted by molar-refractivity contribution is -0.120. The lowest BCUT2D eigenvalue weighted by atomic mass is 10.1. The Balaban J connectivity index is 1.68. The summed E-state index contributed by atoms with van der Waals surface area (Å²) in [6, 6.07) is 11.7. The van der Waals surface area contributed by atoms with Crippen LogP contribution in [0.3, 0.4) is 0 Å². The molecule has 0 radical (unpaired) electrons. The number of hydrogen-bond acceptors (Lipinski definition) is 2. The summed E-state index contributed by atoms with van der Waals surface area (Å²) >= 11 is 12.2. The Morgan fingerprint density at radius 2 is 1.86 bits per heavy atom. The molecule has 1 aromatic heterocycles. The van der Waals surface area contributed by atoms with Gasteiger partial charge in [-0.2, -0.15) is 5.10 Å². The van der Waals surface area contributed by atoms with Crippen molar-refractivity contribution in [3.8, 4) is 0 Å². The normalized spacial score (nSPS) is 10.9. The maximum atomic E-state index is 13.1. The van der Waals surface area contributed by atoms with Gasteiger partial charge in [0.2, 0.25) is 5.91 Å². The number of rotatable bonds is 6. The first-order chi connectivity index (χ1) is 13.3. The van der Waals surface area contributed by atoms with Gasteiger partial charge in [-0.25, -0.2) is 4.39 Å². The highest BCUT2D eigenvalue weighted by molar-refractivity contribution is 6.31. The zero-order chi connectivity index (χ0) is 20.3. The van der Waals surface area contributed by atoms with E-state index in [1.807, 2.05) is 42.8 Å². The van der Waals surface area contributed by atoms with E-state index in [4.69, 9.17) is 23.2 Å². The van der Waals surface area contributed by atoms with Crippen molar-refractivity contribution in [2.75, 3.05) is 0 Å². The first kappa shape index (κ1) is 20.4. The number of aryl methyl sites for hydroxylation is 1. The Labute approximate surface area is 173 Å². The van der Waals surface area contributed by atoms with E-state index in [9.17, 15) is 9.18 Å². The molecular weight excluding hydrogens is 400 g/mol. The van der Waals surface area contributed by atoms with Crippen LogP contribution in [-0.2, 0) is 24.3 Å². The minimum absolute atomic E-state index is 0.149. The van der Waals surface area contributed by atoms with Crippen LogP contribution in [0.15, 0.2) is 42.5 Å². The second-order valence-electron chi connectivity index (χ2n) is 6.59. The molecular formula is C21H20Cl2FN3O. The summed E-state index contributed by atoms with van der Waals surface area (Å²) in [6.07, 6.45) is 0.207. The number of halogens is 3. The molecule has 0 spiro atoms. The third-order valence-corrected chi connectivity index (χ3v) is 5.36. The predicted molar refractivity (Wildman–Crippen MR) is 109 cm³/mol. The van der Waals surface area contributed by atoms with Crippen molar-refractivity contribution in [2.24, 2.45) is 0 Å². The van der Waals surface area contributed by atoms with Gasteiger partial charge < -0.3 is 5.32 Å². The van der Waals surface area contributed by atoms with Gasteiger partial charge >= 0.3 is 0 Å². The van der Waals surface area contributed by atoms with Gasteiger partial charge in [-0.1, -0.05) is 47.5 Å². The molecule has 4 nitrogen and oxygen atoms in total. The third kappa shape index (κ3) is 4.72. The fourth-order valence-electron chi connectivity index (χ4n) is 3.01. The Hall–Kier alpha value is -2.37. The minimum atomic E-state index is -0.405. The average Bonchev–Trinajstić information content (AvgIpc) is 2.90. The van der Waals surface area contributed by atoms with Crippen LogP contribution in [0.2, 0.25) is 10.0 Å². The molecule has 0 unspecified atom stereocenters. The number of nitrogens with zero attached hydrogens (tertiary/aromatic N) is 2. The standard InChI is InChI=1S/C21H20Cl2FN3O/c1-13-18(10-21(28)25-11-15-7-8-17(24)9-20(15)23)14(2)27(26-13)12-16-5-3-4-6-19(16)22/h3-9H,10-12H2,1-2H3,(H,25,28). The summed E-state index contributed by atoms with van der Waals surface area (Å²) in [6.45, 7) is 4.61. The topological polar surface area (TPSA) is 46.9 Å². The molecule has 3 rings (SSSR count). The summed E-state index contributed by atoms with van der Waals surface area (Å²) in [5.41, 5.74) is 4.25. The minimum Gasteiger partial charge on any atom is -0.352 e. The van der Waals surface area contributed by atoms with E-state index in [2.05, 4.69) is 10.4 Å². The highest BCUT2D eigenvalue weighted by Crippen LogP contribution is 2.20. The molecule has 146 valence electrons. The summed E-state index contributed by atoms with van der Waals surface area (Å²) in [5, 5.41) is 8.36. The van der Waals surface area contributed by atoms with E-state index in [1.54, 1.807) is 6.07 Å². The summed E-state index contributed by atoms with van der Waals surface area (Å²) < 4.78 is 15.0. The fraction of sp³-hybridized carbons (Fsp3) is 0.238. The SMILES string of the molecule is Cc1nn(Cc2ccccc2Cl)c(C)c1CC(=O)NCc1ccc(F)cc1Cl. The van der Waals surface area contributed by atoms with Crippen LogP contribution in [0.25, 0.3) is 0 Å². The molecule has 0 aliphatic carbocycles. The molecule has 0 aliphatic rings. The maximum Gasteiger partial charge on any atom is 0.224 e. The second-order valence-corrected chi connectivity index (χ2v) is 7.40. The number of amides is 1. The number of aromatic nitrogens is 2. The molecule has 0 bridgehead atoms. The van der Waals surface area contributed by atoms with Gasteiger partial charge in [-0.3, -0.25) is 9.48 Å². The maximum absolute atomic E-state index is 13.1. The van der Waals surface area contributed by atoms with Crippen LogP contribution in [0.1, 0.15) is 28.1 Å². The summed E-state index contributed by atoms with van der Waals surface area (Å²) in [5.74, 6) is -0.554. The Morgan fingerprint density at radius 1 is 1.11 bits per heavy atom. The number of carbonyl (C=O) groups excluding carboxylic acids is 1. The van der Waals surface area contributed by atoms with Gasteiger partial charge in [0.1, 0.15) is 5.82 Å². The van der Waals surface area contributed by atoms with Gasteiger partial charge in [0.25, 0.3) is 0 Å². The van der Waals surface area contributed by atoms with Crippen LogP contribution in [0.4, 0.5) is 4.39 Å². The number of benzene rings is 2. The molecule has 1 N–H and O–H groups in total. The van der Waals surface area contributed by atoms with Crippen LogP contribution in [0.5, 0.6) is 0 Å². The van der Waals surface area contributed by atoms with Gasteiger partial charge in [-0.05, 0) is 43.2 Å². The molecule has 28 heavy (non-hydrogen) atoms. The molecule has 1 amide bonds. The highest BCUT2D eigenvalue weighted by atomic mass is 35.5. The van der Waals surface area contributed by atoms with Crippen LogP contribution in [-0.4, -0.2) is 15.7 Å². The molecule has 0 saturated heterocycles. The first-order valence-corrected chi connectivity index (χ1v) is 9.57. The number of nitrogens with one attached hydrogen (secondary N) is 1. The first-order valence-electron chi connectivity index (χ1n) is 8.82. The number of hydrogen-bond donors (Lipinski definition) is 1. The average molecular weight is 420 g/mol. The van der Waals surface area contributed by atoms with Crippen molar-refractivity contribution in [2.45, 2.75) is 33.4 Å². The van der Waals surface area contributed by atoms with E-state index in [0.29, 0.717) is 22.2 Å². The fourth-order valence-corrected chi connectivity index (χ4v) is 3.44. The van der Waals surface area contributed by atoms with E-state index in [1.165, 1.54) is 12.1 Å². The second kappa shape index (κ2) is 8.76. The monoisotopic (exact) mass is 419 g/mol. The highest BCUT2D eigenvalue weighted by Gasteiger charge is 2.16. The zero-order valence-electron chi connectivity index (χ0n) is 15.6. The van der Waals surface area contributed by atoms with Gasteiger partial charge in [0.05, 0.1) is 18.7 Å². The van der Waals surface area contributed by atoms with Crippen molar-refractivity contribution >= 4 is 29.1 Å². The Bertz CT molecular complexity index is 1020. The molecule has 0 fully saturated rings. The van der Waals surface area contributed by atoms with Gasteiger partial charge in [0, 0.05) is 27.8 Å². The van der Waals surface area contributed by atoms with E-state index >= 15 is 0 Å². The van der Waals surface area contributed by atoms with Gasteiger partial charge in [0.15, 0.2) is 0 Å². The smallest absolute Gasteiger partial charge is 0.224 e. The van der Waals surface area contributed by atoms with Gasteiger partial charge in [-0.15, -0.1) is 0 Å². The summed E-state index contributed by atoms with van der Waals surface area (Å²) in [4.78, 5) is 12.4. The predicted octanol–water partition coefficient (Wildman–Crippen LogP) is 4.85. The molecule has 0 aliphatic heterocycles. The van der Waals surface area contributed by atoms with E-state index in [0.717, 1.165) is 22.5 Å². The van der Waals surface area contributed by atoms with Crippen molar-refractivity contribution in [1.29, 1.82) is 0 Å². The number of carbonyl (C=O) groups is 1. The molecule has 0 atom stereocenters. The molecule has 1 heterocycles. The Kier molecular flexibility index (Phi) is 6.37. The molecule has 0 saturated carbocycles. The van der Waals surface area contributed by atoms with Crippen LogP contribution >= 0.6 is 23.2 Å². The molecule has 3 aromatic rings. The van der Waals surface area contributed by atoms with Crippen molar-refractivity contribution < 1.29 is 9.18 Å². The van der Waals surface area contributed by atoms with E-state index in [-0.39, 0.29) is 18.9 Å². The molecule has 2 aromatic carbocycles. The molecule has 7 heteroatoms. The van der Waals surface area contributed by atoms with Crippen LogP contribution in [0, 0.1) is 19.7 Å². The third-order valence-electron chi connectivity index (χ3n) is 4.64. The Morgan fingerprint density at radius 3 is 2.57 bits per heavy atom. The zero-order valence-corrected chi connectivity index (χ0v) is 17.1. The lowest BCUT2D eigenvalue weighted by Crippen LogP contribution is -2.25. The largest absolute Gasteiger partial charge is 0.352 e. The van der Waals surface area contributed by atoms with Crippen molar-refractivity contribution in [1.82, 2.24) is 15.1 Å². The van der Waals surface area contributed by atoms with Crippen molar-refractivity contribution in [3.63, 3.8) is 0 Å². The van der Waals surface area contributed by atoms with E-state index < -0.39 is 5.82 Å². The van der Waals surface area contributed by atoms with Crippen LogP contribution < -0.4 is 5.32 Å². The quantitative estimate of drug-likeness (QED) is 0.620. The van der Waals surface area contributed by atoms with Crippen molar-refractivity contribution in [3.05, 3.63) is 86.4 Å².